The van der Waals surface area contributed by atoms with Gasteiger partial charge in [0.1, 0.15) is 0 Å². The number of hydrogen-bond acceptors (Lipinski definition) is 3. The molecule has 1 aliphatic heterocycles. The molecule has 0 aromatic heterocycles. The summed E-state index contributed by atoms with van der Waals surface area (Å²) in [5, 5.41) is 6.26. The summed E-state index contributed by atoms with van der Waals surface area (Å²) in [6.07, 6.45) is 2.90. The highest BCUT2D eigenvalue weighted by Gasteiger charge is 2.28. The third-order valence-corrected chi connectivity index (χ3v) is 5.73. The molecular weight excluding hydrogens is 324 g/mol. The van der Waals surface area contributed by atoms with E-state index < -0.39 is 10.0 Å². The van der Waals surface area contributed by atoms with Crippen molar-refractivity contribution in [3.63, 3.8) is 0 Å². The first kappa shape index (κ1) is 18.6. The maximum Gasteiger partial charge on any atom is 0.236 e. The monoisotopic (exact) mass is 352 g/mol. The van der Waals surface area contributed by atoms with E-state index in [1.54, 1.807) is 0 Å². The van der Waals surface area contributed by atoms with Crippen molar-refractivity contribution < 1.29 is 8.42 Å². The Bertz CT molecular complexity index is 658. The number of sulfonamides is 1. The van der Waals surface area contributed by atoms with E-state index in [4.69, 9.17) is 0 Å². The number of para-hydroxylation sites is 1. The van der Waals surface area contributed by atoms with Crippen LogP contribution in [0.15, 0.2) is 29.3 Å². The molecule has 1 aliphatic rings. The number of rotatable bonds is 8. The Kier molecular flexibility index (Phi) is 6.90. The first-order valence-corrected chi connectivity index (χ1v) is 10.3. The molecule has 1 aromatic carbocycles. The van der Waals surface area contributed by atoms with Crippen LogP contribution in [0.3, 0.4) is 0 Å². The van der Waals surface area contributed by atoms with Gasteiger partial charge in [-0.1, -0.05) is 31.5 Å². The average molecular weight is 353 g/mol. The first-order chi connectivity index (χ1) is 11.6. The minimum atomic E-state index is -3.32. The van der Waals surface area contributed by atoms with Crippen LogP contribution >= 0.6 is 0 Å². The molecule has 134 valence electrons. The lowest BCUT2D eigenvalue weighted by atomic mass is 10.2. The van der Waals surface area contributed by atoms with Gasteiger partial charge in [-0.25, -0.2) is 8.42 Å². The van der Waals surface area contributed by atoms with Crippen molar-refractivity contribution in [2.24, 2.45) is 4.99 Å². The number of nitrogens with one attached hydrogen (secondary N) is 2. The first-order valence-electron chi connectivity index (χ1n) is 8.69. The van der Waals surface area contributed by atoms with Crippen molar-refractivity contribution in [1.82, 2.24) is 10.6 Å². The van der Waals surface area contributed by atoms with Crippen LogP contribution in [-0.4, -0.2) is 46.3 Å². The fourth-order valence-electron chi connectivity index (χ4n) is 2.70. The fourth-order valence-corrected chi connectivity index (χ4v) is 4.12. The van der Waals surface area contributed by atoms with Crippen LogP contribution < -0.4 is 14.9 Å². The maximum atomic E-state index is 12.6. The van der Waals surface area contributed by atoms with Crippen molar-refractivity contribution in [1.29, 1.82) is 0 Å². The molecule has 0 amide bonds. The second-order valence-corrected chi connectivity index (χ2v) is 7.82. The summed E-state index contributed by atoms with van der Waals surface area (Å²) in [7, 11) is -3.32. The molecule has 2 N–H and O–H groups in total. The molecule has 0 unspecified atom stereocenters. The molecule has 2 rings (SSSR count). The van der Waals surface area contributed by atoms with Gasteiger partial charge in [-0.05, 0) is 31.4 Å². The van der Waals surface area contributed by atoms with Crippen molar-refractivity contribution >= 4 is 21.7 Å². The molecule has 1 heterocycles. The van der Waals surface area contributed by atoms with Crippen molar-refractivity contribution in [2.45, 2.75) is 33.1 Å². The quantitative estimate of drug-likeness (QED) is 0.425. The molecule has 0 saturated carbocycles. The van der Waals surface area contributed by atoms with Gasteiger partial charge in [0, 0.05) is 26.2 Å². The van der Waals surface area contributed by atoms with Gasteiger partial charge < -0.3 is 10.6 Å². The van der Waals surface area contributed by atoms with E-state index in [-0.39, 0.29) is 5.75 Å². The number of nitrogens with zero attached hydrogens (tertiary/aromatic N) is 2. The molecule has 24 heavy (non-hydrogen) atoms. The molecule has 6 nitrogen and oxygen atoms in total. The third kappa shape index (κ3) is 4.87. The topological polar surface area (TPSA) is 73.8 Å². The van der Waals surface area contributed by atoms with Gasteiger partial charge in [-0.3, -0.25) is 9.30 Å². The molecule has 0 radical (unpaired) electrons. The van der Waals surface area contributed by atoms with E-state index >= 15 is 0 Å². The zero-order valence-electron chi connectivity index (χ0n) is 14.6. The standard InChI is InChI=1S/C17H28N4O2S/c1-3-5-11-19-17(18-4-2)20-12-14-24(22,23)21-13-10-15-8-6-7-9-16(15)21/h6-9H,3-5,10-14H2,1-2H3,(H2,18,19,20). The Morgan fingerprint density at radius 3 is 2.79 bits per heavy atom. The van der Waals surface area contributed by atoms with Crippen molar-refractivity contribution in [2.75, 3.05) is 36.2 Å². The summed E-state index contributed by atoms with van der Waals surface area (Å²) in [4.78, 5) is 4.44. The van der Waals surface area contributed by atoms with E-state index in [1.807, 2.05) is 31.2 Å². The van der Waals surface area contributed by atoms with E-state index in [9.17, 15) is 8.42 Å². The number of fused-ring (bicyclic) bond motifs is 1. The smallest absolute Gasteiger partial charge is 0.236 e. The molecule has 0 spiro atoms. The van der Waals surface area contributed by atoms with Gasteiger partial charge in [0.2, 0.25) is 10.0 Å². The van der Waals surface area contributed by atoms with E-state index in [2.05, 4.69) is 22.5 Å². The van der Waals surface area contributed by atoms with Crippen LogP contribution in [0, 0.1) is 0 Å². The Labute approximate surface area is 145 Å². The van der Waals surface area contributed by atoms with Crippen LogP contribution in [0.4, 0.5) is 5.69 Å². The fraction of sp³-hybridized carbons (Fsp3) is 0.588. The highest BCUT2D eigenvalue weighted by molar-refractivity contribution is 7.92. The van der Waals surface area contributed by atoms with Gasteiger partial charge in [-0.2, -0.15) is 0 Å². The number of unbranched alkanes of at least 4 members (excludes halogenated alkanes) is 1. The lowest BCUT2D eigenvalue weighted by molar-refractivity contribution is 0.591. The minimum absolute atomic E-state index is 0.0551. The molecule has 1 aromatic rings. The summed E-state index contributed by atoms with van der Waals surface area (Å²) in [6, 6.07) is 7.71. The van der Waals surface area contributed by atoms with Crippen LogP contribution in [0.1, 0.15) is 32.3 Å². The zero-order chi connectivity index (χ0) is 17.4. The second kappa shape index (κ2) is 8.92. The minimum Gasteiger partial charge on any atom is -0.357 e. The largest absolute Gasteiger partial charge is 0.357 e. The van der Waals surface area contributed by atoms with Crippen molar-refractivity contribution in [3.05, 3.63) is 29.8 Å². The number of guanidine groups is 1. The van der Waals surface area contributed by atoms with Crippen molar-refractivity contribution in [3.8, 4) is 0 Å². The summed E-state index contributed by atoms with van der Waals surface area (Å²) in [5.74, 6) is 0.738. The van der Waals surface area contributed by atoms with Gasteiger partial charge in [0.15, 0.2) is 5.96 Å². The number of hydrogen-bond donors (Lipinski definition) is 2. The molecule has 0 aliphatic carbocycles. The molecule has 0 atom stereocenters. The summed E-state index contributed by atoms with van der Waals surface area (Å²) in [5.41, 5.74) is 1.92. The van der Waals surface area contributed by atoms with Crippen LogP contribution in [0.2, 0.25) is 0 Å². The summed E-state index contributed by atoms with van der Waals surface area (Å²) >= 11 is 0. The molecule has 0 saturated heterocycles. The summed E-state index contributed by atoms with van der Waals surface area (Å²) in [6.45, 7) is 6.50. The Hall–Kier alpha value is -1.76. The lowest BCUT2D eigenvalue weighted by Gasteiger charge is -2.20. The maximum absolute atomic E-state index is 12.6. The normalized spacial score (nSPS) is 14.6. The van der Waals surface area contributed by atoms with Crippen LogP contribution in [0.5, 0.6) is 0 Å². The van der Waals surface area contributed by atoms with Gasteiger partial charge in [0.25, 0.3) is 0 Å². The van der Waals surface area contributed by atoms with E-state index in [0.29, 0.717) is 19.0 Å². The third-order valence-electron chi connectivity index (χ3n) is 3.96. The van der Waals surface area contributed by atoms with Crippen LogP contribution in [-0.2, 0) is 16.4 Å². The van der Waals surface area contributed by atoms with Gasteiger partial charge in [-0.15, -0.1) is 0 Å². The molecule has 0 bridgehead atoms. The lowest BCUT2D eigenvalue weighted by Crippen LogP contribution is -2.42. The predicted molar refractivity (Wildman–Crippen MR) is 100 cm³/mol. The Morgan fingerprint density at radius 1 is 1.25 bits per heavy atom. The van der Waals surface area contributed by atoms with Crippen LogP contribution in [0.25, 0.3) is 0 Å². The highest BCUT2D eigenvalue weighted by atomic mass is 32.2. The van der Waals surface area contributed by atoms with E-state index in [0.717, 1.165) is 43.6 Å². The number of anilines is 1. The SMILES string of the molecule is CCCCN=C(NCC)NCCS(=O)(=O)N1CCc2ccccc21. The molecule has 7 heteroatoms. The average Bonchev–Trinajstić information content (AvgIpc) is 3.00. The predicted octanol–water partition coefficient (Wildman–Crippen LogP) is 1.73. The summed E-state index contributed by atoms with van der Waals surface area (Å²) < 4.78 is 26.8. The second-order valence-electron chi connectivity index (χ2n) is 5.81. The molecular formula is C17H28N4O2S. The zero-order valence-corrected chi connectivity index (χ0v) is 15.4. The number of benzene rings is 1. The molecule has 0 fully saturated rings. The number of aliphatic imine (C=N–C) groups is 1. The Morgan fingerprint density at radius 2 is 2.04 bits per heavy atom. The van der Waals surface area contributed by atoms with E-state index in [1.165, 1.54) is 4.31 Å². The van der Waals surface area contributed by atoms with Gasteiger partial charge in [0.05, 0.1) is 11.4 Å². The highest BCUT2D eigenvalue weighted by Crippen LogP contribution is 2.29. The Balaban J connectivity index is 1.92. The van der Waals surface area contributed by atoms with Gasteiger partial charge >= 0.3 is 0 Å².